The third-order valence-electron chi connectivity index (χ3n) is 4.43. The maximum atomic E-state index is 11.2. The molecule has 2 heterocycles. The highest BCUT2D eigenvalue weighted by atomic mass is 35.5. The molecule has 0 aliphatic carbocycles. The van der Waals surface area contributed by atoms with E-state index < -0.39 is 10.8 Å². The highest BCUT2D eigenvalue weighted by Crippen LogP contribution is 2.29. The number of amides is 1. The van der Waals surface area contributed by atoms with E-state index in [-0.39, 0.29) is 23.7 Å². The molecule has 2 aliphatic rings. The average Bonchev–Trinajstić information content (AvgIpc) is 2.99. The number of nitrogens with one attached hydrogen (secondary N) is 1. The lowest BCUT2D eigenvalue weighted by Crippen LogP contribution is -2.25. The molecule has 0 spiro atoms. The second-order valence-electron chi connectivity index (χ2n) is 5.84. The van der Waals surface area contributed by atoms with Gasteiger partial charge in [-0.25, -0.2) is 0 Å². The first kappa shape index (κ1) is 16.7. The fraction of sp³-hybridized carbons (Fsp3) is 0.500. The van der Waals surface area contributed by atoms with Gasteiger partial charge in [0.2, 0.25) is 5.91 Å². The van der Waals surface area contributed by atoms with Crippen LogP contribution in [0.15, 0.2) is 18.2 Å². The van der Waals surface area contributed by atoms with Crippen LogP contribution in [0.25, 0.3) is 0 Å². The summed E-state index contributed by atoms with van der Waals surface area (Å²) in [6.45, 7) is 4.54. The van der Waals surface area contributed by atoms with Crippen molar-refractivity contribution in [1.29, 1.82) is 0 Å². The van der Waals surface area contributed by atoms with Gasteiger partial charge >= 0.3 is 0 Å². The lowest BCUT2D eigenvalue weighted by molar-refractivity contribution is -0.385. The van der Waals surface area contributed by atoms with Crippen LogP contribution in [0, 0.1) is 22.0 Å². The Morgan fingerprint density at radius 3 is 2.55 bits per heavy atom. The number of fused-ring (bicyclic) bond motifs is 1. The van der Waals surface area contributed by atoms with Crippen molar-refractivity contribution in [2.24, 2.45) is 17.6 Å². The largest absolute Gasteiger partial charge is 0.366 e. The van der Waals surface area contributed by atoms with Crippen molar-refractivity contribution in [3.05, 3.63) is 39.4 Å². The Bertz CT molecular complexity index is 583. The normalized spacial score (nSPS) is 23.8. The van der Waals surface area contributed by atoms with Gasteiger partial charge in [-0.15, -0.1) is 12.4 Å². The molecular formula is C14H19ClN4O3. The lowest BCUT2D eigenvalue weighted by Gasteiger charge is -2.17. The third kappa shape index (κ3) is 3.21. The molecule has 0 aromatic heterocycles. The number of halogens is 1. The smallest absolute Gasteiger partial charge is 0.274 e. The molecule has 0 radical (unpaired) electrons. The van der Waals surface area contributed by atoms with Crippen LogP contribution in [0.4, 0.5) is 5.69 Å². The molecule has 1 amide bonds. The molecule has 0 unspecified atom stereocenters. The predicted molar refractivity (Wildman–Crippen MR) is 84.0 cm³/mol. The van der Waals surface area contributed by atoms with Crippen LogP contribution in [0.2, 0.25) is 0 Å². The maximum absolute atomic E-state index is 11.2. The van der Waals surface area contributed by atoms with Gasteiger partial charge in [-0.1, -0.05) is 6.07 Å². The molecule has 2 atom stereocenters. The minimum absolute atomic E-state index is 0. The van der Waals surface area contributed by atoms with Crippen molar-refractivity contribution < 1.29 is 9.72 Å². The van der Waals surface area contributed by atoms with Crippen LogP contribution in [0.1, 0.15) is 15.9 Å². The van der Waals surface area contributed by atoms with Crippen LogP contribution in [-0.4, -0.2) is 41.9 Å². The van der Waals surface area contributed by atoms with Crippen molar-refractivity contribution in [1.82, 2.24) is 10.2 Å². The minimum atomic E-state index is -0.647. The van der Waals surface area contributed by atoms with E-state index in [1.54, 1.807) is 12.1 Å². The molecule has 2 fully saturated rings. The van der Waals surface area contributed by atoms with Crippen molar-refractivity contribution in [2.45, 2.75) is 6.54 Å². The molecule has 0 saturated carbocycles. The predicted octanol–water partition coefficient (Wildman–Crippen LogP) is 0.767. The minimum Gasteiger partial charge on any atom is -0.366 e. The summed E-state index contributed by atoms with van der Waals surface area (Å²) >= 11 is 0. The van der Waals surface area contributed by atoms with Gasteiger partial charge in [-0.3, -0.25) is 19.8 Å². The molecule has 8 heteroatoms. The summed E-state index contributed by atoms with van der Waals surface area (Å²) in [5, 5.41) is 14.6. The fourth-order valence-corrected chi connectivity index (χ4v) is 3.34. The third-order valence-corrected chi connectivity index (χ3v) is 4.43. The maximum Gasteiger partial charge on any atom is 0.274 e. The van der Waals surface area contributed by atoms with E-state index in [1.165, 1.54) is 6.07 Å². The number of likely N-dealkylation sites (tertiary alicyclic amines) is 1. The van der Waals surface area contributed by atoms with Crippen molar-refractivity contribution in [3.8, 4) is 0 Å². The first-order valence-corrected chi connectivity index (χ1v) is 7.05. The van der Waals surface area contributed by atoms with Gasteiger partial charge < -0.3 is 11.1 Å². The summed E-state index contributed by atoms with van der Waals surface area (Å²) in [6, 6.07) is 4.48. The number of nitrogens with zero attached hydrogens (tertiary/aromatic N) is 2. The van der Waals surface area contributed by atoms with E-state index >= 15 is 0 Å². The first-order chi connectivity index (χ1) is 10.0. The Labute approximate surface area is 134 Å². The molecule has 22 heavy (non-hydrogen) atoms. The molecule has 2 saturated heterocycles. The van der Waals surface area contributed by atoms with Crippen molar-refractivity contribution in [3.63, 3.8) is 0 Å². The van der Waals surface area contributed by atoms with E-state index in [0.29, 0.717) is 23.9 Å². The lowest BCUT2D eigenvalue weighted by atomic mass is 10.0. The van der Waals surface area contributed by atoms with Gasteiger partial charge in [0.05, 0.1) is 4.92 Å². The Kier molecular flexibility index (Phi) is 5.00. The summed E-state index contributed by atoms with van der Waals surface area (Å²) in [7, 11) is 0. The molecule has 3 N–H and O–H groups in total. The van der Waals surface area contributed by atoms with Gasteiger partial charge in [0.1, 0.15) is 0 Å². The molecule has 7 nitrogen and oxygen atoms in total. The van der Waals surface area contributed by atoms with Crippen LogP contribution in [-0.2, 0) is 6.54 Å². The highest BCUT2D eigenvalue weighted by Gasteiger charge is 2.36. The topological polar surface area (TPSA) is 102 Å². The Morgan fingerprint density at radius 2 is 2.00 bits per heavy atom. The molecular weight excluding hydrogens is 308 g/mol. The second kappa shape index (κ2) is 6.60. The number of primary amides is 1. The molecule has 1 aromatic carbocycles. The number of carbonyl (C=O) groups excluding carboxylic acids is 1. The van der Waals surface area contributed by atoms with E-state index in [2.05, 4.69) is 10.2 Å². The molecule has 2 aliphatic heterocycles. The first-order valence-electron chi connectivity index (χ1n) is 7.05. The zero-order valence-corrected chi connectivity index (χ0v) is 12.8. The molecule has 120 valence electrons. The Hall–Kier alpha value is -1.70. The number of hydrogen-bond donors (Lipinski definition) is 2. The Balaban J connectivity index is 0.00000176. The number of nitro benzene ring substituents is 1. The molecule has 3 rings (SSSR count). The second-order valence-corrected chi connectivity index (χ2v) is 5.84. The average molecular weight is 327 g/mol. The van der Waals surface area contributed by atoms with Gasteiger partial charge in [0.25, 0.3) is 5.69 Å². The van der Waals surface area contributed by atoms with Crippen LogP contribution < -0.4 is 11.1 Å². The fourth-order valence-electron chi connectivity index (χ4n) is 3.34. The summed E-state index contributed by atoms with van der Waals surface area (Å²) in [4.78, 5) is 24.1. The zero-order chi connectivity index (χ0) is 15.0. The van der Waals surface area contributed by atoms with Crippen molar-refractivity contribution in [2.75, 3.05) is 26.2 Å². The van der Waals surface area contributed by atoms with E-state index in [0.717, 1.165) is 26.2 Å². The quantitative estimate of drug-likeness (QED) is 0.628. The van der Waals surface area contributed by atoms with Crippen LogP contribution in [0.3, 0.4) is 0 Å². The van der Waals surface area contributed by atoms with Gasteiger partial charge in [-0.2, -0.15) is 0 Å². The Morgan fingerprint density at radius 1 is 1.36 bits per heavy atom. The summed E-state index contributed by atoms with van der Waals surface area (Å²) < 4.78 is 0. The molecule has 0 bridgehead atoms. The zero-order valence-electron chi connectivity index (χ0n) is 12.0. The number of hydrogen-bond acceptors (Lipinski definition) is 5. The van der Waals surface area contributed by atoms with Gasteiger partial charge in [0.15, 0.2) is 0 Å². The number of nitro groups is 1. The number of rotatable bonds is 4. The number of nitrogens with two attached hydrogens (primary N) is 1. The van der Waals surface area contributed by atoms with E-state index in [4.69, 9.17) is 5.73 Å². The van der Waals surface area contributed by atoms with Gasteiger partial charge in [-0.05, 0) is 31.0 Å². The van der Waals surface area contributed by atoms with Gasteiger partial charge in [0, 0.05) is 36.8 Å². The number of benzene rings is 1. The summed E-state index contributed by atoms with van der Waals surface area (Å²) in [6.07, 6.45) is 0. The van der Waals surface area contributed by atoms with Crippen molar-refractivity contribution >= 4 is 24.0 Å². The monoisotopic (exact) mass is 326 g/mol. The summed E-state index contributed by atoms with van der Waals surface area (Å²) in [5.74, 6) is 0.648. The van der Waals surface area contributed by atoms with Crippen LogP contribution >= 0.6 is 12.4 Å². The highest BCUT2D eigenvalue weighted by molar-refractivity contribution is 5.93. The van der Waals surface area contributed by atoms with E-state index in [9.17, 15) is 14.9 Å². The van der Waals surface area contributed by atoms with Crippen LogP contribution in [0.5, 0.6) is 0 Å². The standard InChI is InChI=1S/C14H18N4O3.ClH/c15-14(19)9-1-2-10(13(3-9)18(20)21)6-17-7-11-4-16-5-12(11)8-17;/h1-3,11-12,16H,4-8H2,(H2,15,19);1H/t11-,12+;. The summed E-state index contributed by atoms with van der Waals surface area (Å²) in [5.41, 5.74) is 5.96. The SMILES string of the molecule is Cl.NC(=O)c1ccc(CN2C[C@H]3CNC[C@H]3C2)c([N+](=O)[O-])c1. The molecule has 1 aromatic rings. The van der Waals surface area contributed by atoms with E-state index in [1.807, 2.05) is 0 Å². The number of carbonyl (C=O) groups is 1.